The second kappa shape index (κ2) is 6.72. The number of hydrogen-bond donors (Lipinski definition) is 2. The van der Waals surface area contributed by atoms with Crippen molar-refractivity contribution in [3.63, 3.8) is 0 Å². The van der Waals surface area contributed by atoms with Crippen LogP contribution < -0.4 is 5.32 Å². The maximum atomic E-state index is 12.2. The number of amides is 1. The molecule has 1 atom stereocenters. The van der Waals surface area contributed by atoms with Gasteiger partial charge in [0.05, 0.1) is 5.02 Å². The molecule has 7 heteroatoms. The SMILES string of the molecule is C[C@H](OC(=O)c1cc2ccccc2[nH]1)C(=O)Nc1ccc(Cl)cn1. The molecule has 0 aliphatic rings. The summed E-state index contributed by atoms with van der Waals surface area (Å²) in [4.78, 5) is 31.1. The van der Waals surface area contributed by atoms with Gasteiger partial charge in [0.25, 0.3) is 5.91 Å². The number of anilines is 1. The van der Waals surface area contributed by atoms with E-state index < -0.39 is 18.0 Å². The number of nitrogens with one attached hydrogen (secondary N) is 2. The third kappa shape index (κ3) is 3.55. The van der Waals surface area contributed by atoms with Crippen LogP contribution in [0.15, 0.2) is 48.7 Å². The Labute approximate surface area is 142 Å². The topological polar surface area (TPSA) is 84.1 Å². The lowest BCUT2D eigenvalue weighted by Gasteiger charge is -2.12. The molecule has 0 saturated carbocycles. The van der Waals surface area contributed by atoms with Crippen LogP contribution in [-0.2, 0) is 9.53 Å². The van der Waals surface area contributed by atoms with E-state index in [1.807, 2.05) is 24.3 Å². The van der Waals surface area contributed by atoms with Gasteiger partial charge in [-0.25, -0.2) is 9.78 Å². The standard InChI is InChI=1S/C17H14ClN3O3/c1-10(16(22)21-15-7-6-12(18)9-19-15)24-17(23)14-8-11-4-2-3-5-13(11)20-14/h2-10,20H,1H3,(H,19,21,22)/t10-/m0/s1. The van der Waals surface area contributed by atoms with Crippen molar-refractivity contribution < 1.29 is 14.3 Å². The first-order valence-electron chi connectivity index (χ1n) is 7.24. The predicted octanol–water partition coefficient (Wildman–Crippen LogP) is 3.40. The molecule has 0 radical (unpaired) electrons. The molecule has 3 aromatic rings. The highest BCUT2D eigenvalue weighted by molar-refractivity contribution is 6.30. The zero-order chi connectivity index (χ0) is 17.1. The quantitative estimate of drug-likeness (QED) is 0.711. The Hall–Kier alpha value is -2.86. The monoisotopic (exact) mass is 343 g/mol. The zero-order valence-electron chi connectivity index (χ0n) is 12.7. The van der Waals surface area contributed by atoms with Gasteiger partial charge in [-0.1, -0.05) is 29.8 Å². The Kier molecular flexibility index (Phi) is 4.48. The molecule has 2 aromatic heterocycles. The first-order valence-corrected chi connectivity index (χ1v) is 7.62. The van der Waals surface area contributed by atoms with Gasteiger partial charge in [-0.15, -0.1) is 0 Å². The van der Waals surface area contributed by atoms with Crippen molar-refractivity contribution in [2.75, 3.05) is 5.32 Å². The summed E-state index contributed by atoms with van der Waals surface area (Å²) in [6.07, 6.45) is 0.444. The average Bonchev–Trinajstić information content (AvgIpc) is 3.01. The highest BCUT2D eigenvalue weighted by Crippen LogP contribution is 2.16. The molecule has 0 aliphatic heterocycles. The van der Waals surface area contributed by atoms with Gasteiger partial charge in [0.15, 0.2) is 6.10 Å². The van der Waals surface area contributed by atoms with Gasteiger partial charge in [0.1, 0.15) is 11.5 Å². The third-order valence-electron chi connectivity index (χ3n) is 3.38. The van der Waals surface area contributed by atoms with Crippen LogP contribution in [0.1, 0.15) is 17.4 Å². The average molecular weight is 344 g/mol. The minimum atomic E-state index is -0.971. The van der Waals surface area contributed by atoms with E-state index in [1.54, 1.807) is 18.2 Å². The minimum Gasteiger partial charge on any atom is -0.448 e. The highest BCUT2D eigenvalue weighted by Gasteiger charge is 2.20. The fourth-order valence-corrected chi connectivity index (χ4v) is 2.25. The van der Waals surface area contributed by atoms with Crippen LogP contribution in [0.25, 0.3) is 10.9 Å². The first kappa shape index (κ1) is 16.0. The molecule has 3 rings (SSSR count). The van der Waals surface area contributed by atoms with Crippen LogP contribution in [0.5, 0.6) is 0 Å². The van der Waals surface area contributed by atoms with Gasteiger partial charge in [-0.3, -0.25) is 4.79 Å². The summed E-state index contributed by atoms with van der Waals surface area (Å²) in [5.74, 6) is -0.745. The summed E-state index contributed by atoms with van der Waals surface area (Å²) >= 11 is 5.73. The number of carbonyl (C=O) groups excluding carboxylic acids is 2. The molecule has 0 spiro atoms. The highest BCUT2D eigenvalue weighted by atomic mass is 35.5. The molecular formula is C17H14ClN3O3. The zero-order valence-corrected chi connectivity index (χ0v) is 13.5. The molecule has 1 amide bonds. The van der Waals surface area contributed by atoms with Gasteiger partial charge in [0, 0.05) is 17.1 Å². The van der Waals surface area contributed by atoms with Crippen LogP contribution in [0, 0.1) is 0 Å². The predicted molar refractivity (Wildman–Crippen MR) is 91.1 cm³/mol. The van der Waals surface area contributed by atoms with Crippen molar-refractivity contribution >= 4 is 40.2 Å². The molecule has 122 valence electrons. The van der Waals surface area contributed by atoms with Crippen molar-refractivity contribution in [2.45, 2.75) is 13.0 Å². The van der Waals surface area contributed by atoms with Gasteiger partial charge in [-0.05, 0) is 31.2 Å². The number of hydrogen-bond acceptors (Lipinski definition) is 4. The number of aromatic amines is 1. The molecule has 0 bridgehead atoms. The number of ether oxygens (including phenoxy) is 1. The van der Waals surface area contributed by atoms with E-state index >= 15 is 0 Å². The van der Waals surface area contributed by atoms with Crippen molar-refractivity contribution in [1.82, 2.24) is 9.97 Å². The molecule has 2 heterocycles. The van der Waals surface area contributed by atoms with Gasteiger partial charge < -0.3 is 15.0 Å². The molecule has 6 nitrogen and oxygen atoms in total. The van der Waals surface area contributed by atoms with E-state index in [2.05, 4.69) is 15.3 Å². The number of rotatable bonds is 4. The Balaban J connectivity index is 1.64. The summed E-state index contributed by atoms with van der Waals surface area (Å²) in [6, 6.07) is 12.3. The summed E-state index contributed by atoms with van der Waals surface area (Å²) in [5, 5.41) is 3.92. The van der Waals surface area contributed by atoms with Gasteiger partial charge in [0.2, 0.25) is 0 Å². The Morgan fingerprint density at radius 3 is 2.75 bits per heavy atom. The summed E-state index contributed by atoms with van der Waals surface area (Å²) in [7, 11) is 0. The smallest absolute Gasteiger partial charge is 0.355 e. The third-order valence-corrected chi connectivity index (χ3v) is 3.61. The van der Waals surface area contributed by atoms with Crippen LogP contribution >= 0.6 is 11.6 Å². The summed E-state index contributed by atoms with van der Waals surface area (Å²) in [6.45, 7) is 1.49. The number of nitrogens with zero attached hydrogens (tertiary/aromatic N) is 1. The van der Waals surface area contributed by atoms with E-state index in [0.717, 1.165) is 10.9 Å². The van der Waals surface area contributed by atoms with E-state index in [9.17, 15) is 9.59 Å². The van der Waals surface area contributed by atoms with Gasteiger partial charge in [-0.2, -0.15) is 0 Å². The number of aromatic nitrogens is 2. The lowest BCUT2D eigenvalue weighted by molar-refractivity contribution is -0.123. The van der Waals surface area contributed by atoms with Crippen molar-refractivity contribution in [1.29, 1.82) is 0 Å². The molecular weight excluding hydrogens is 330 g/mol. The molecule has 0 unspecified atom stereocenters. The second-order valence-corrected chi connectivity index (χ2v) is 5.61. The number of carbonyl (C=O) groups is 2. The lowest BCUT2D eigenvalue weighted by atomic mass is 10.2. The Morgan fingerprint density at radius 2 is 2.04 bits per heavy atom. The Morgan fingerprint density at radius 1 is 1.25 bits per heavy atom. The van der Waals surface area contributed by atoms with E-state index in [0.29, 0.717) is 16.5 Å². The number of fused-ring (bicyclic) bond motifs is 1. The summed E-state index contributed by atoms with van der Waals surface area (Å²) < 4.78 is 5.19. The van der Waals surface area contributed by atoms with E-state index in [1.165, 1.54) is 13.1 Å². The van der Waals surface area contributed by atoms with Crippen LogP contribution in [0.2, 0.25) is 5.02 Å². The number of H-pyrrole nitrogens is 1. The number of pyridine rings is 1. The van der Waals surface area contributed by atoms with Crippen LogP contribution in [0.4, 0.5) is 5.82 Å². The number of benzene rings is 1. The van der Waals surface area contributed by atoms with Crippen molar-refractivity contribution in [3.8, 4) is 0 Å². The largest absolute Gasteiger partial charge is 0.448 e. The van der Waals surface area contributed by atoms with Gasteiger partial charge >= 0.3 is 5.97 Å². The fourth-order valence-electron chi connectivity index (χ4n) is 2.14. The Bertz CT molecular complexity index is 856. The molecule has 1 aromatic carbocycles. The fraction of sp³-hybridized carbons (Fsp3) is 0.118. The van der Waals surface area contributed by atoms with E-state index in [4.69, 9.17) is 16.3 Å². The first-order chi connectivity index (χ1) is 11.5. The minimum absolute atomic E-state index is 0.292. The van der Waals surface area contributed by atoms with E-state index in [-0.39, 0.29) is 0 Å². The lowest BCUT2D eigenvalue weighted by Crippen LogP contribution is -2.30. The molecule has 0 saturated heterocycles. The normalized spacial score (nSPS) is 11.9. The number of para-hydroxylation sites is 1. The molecule has 2 N–H and O–H groups in total. The molecule has 24 heavy (non-hydrogen) atoms. The van der Waals surface area contributed by atoms with Crippen LogP contribution in [-0.4, -0.2) is 27.9 Å². The van der Waals surface area contributed by atoms with Crippen LogP contribution in [0.3, 0.4) is 0 Å². The second-order valence-electron chi connectivity index (χ2n) is 5.17. The molecule has 0 aliphatic carbocycles. The number of halogens is 1. The van der Waals surface area contributed by atoms with Crippen molar-refractivity contribution in [3.05, 3.63) is 59.4 Å². The van der Waals surface area contributed by atoms with Crippen molar-refractivity contribution in [2.24, 2.45) is 0 Å². The molecule has 0 fully saturated rings. The maximum Gasteiger partial charge on any atom is 0.355 e. The summed E-state index contributed by atoms with van der Waals surface area (Å²) in [5.41, 5.74) is 1.12. The number of esters is 1. The maximum absolute atomic E-state index is 12.2.